The van der Waals surface area contributed by atoms with Gasteiger partial charge in [-0.3, -0.25) is 4.79 Å². The summed E-state index contributed by atoms with van der Waals surface area (Å²) in [5, 5.41) is 8.11. The summed E-state index contributed by atoms with van der Waals surface area (Å²) < 4.78 is 1.77. The zero-order valence-electron chi connectivity index (χ0n) is 14.8. The lowest BCUT2D eigenvalue weighted by Gasteiger charge is -2.09. The van der Waals surface area contributed by atoms with Crippen molar-refractivity contribution in [2.75, 3.05) is 0 Å². The Morgan fingerprint density at radius 1 is 1.28 bits per heavy atom. The van der Waals surface area contributed by atoms with Gasteiger partial charge in [0.05, 0.1) is 12.2 Å². The zero-order chi connectivity index (χ0) is 17.8. The van der Waals surface area contributed by atoms with Crippen LogP contribution in [0, 0.1) is 13.8 Å². The van der Waals surface area contributed by atoms with Crippen LogP contribution < -0.4 is 5.32 Å². The number of halogens is 1. The van der Waals surface area contributed by atoms with Crippen LogP contribution in [-0.2, 0) is 11.3 Å². The molecule has 1 amide bonds. The van der Waals surface area contributed by atoms with E-state index in [1.165, 1.54) is 18.4 Å². The normalized spacial score (nSPS) is 15.2. The fourth-order valence-corrected chi connectivity index (χ4v) is 3.50. The Labute approximate surface area is 153 Å². The Morgan fingerprint density at radius 3 is 2.64 bits per heavy atom. The Morgan fingerprint density at radius 2 is 1.96 bits per heavy atom. The van der Waals surface area contributed by atoms with Crippen molar-refractivity contribution in [3.8, 4) is 0 Å². The molecule has 1 aliphatic carbocycles. The SMILES string of the molecule is Cc1ccc(Cn2nc(C)c(/C=C/C(=O)NC3CCCC3)c2Cl)cc1. The molecule has 5 heteroatoms. The number of aromatic nitrogens is 2. The molecule has 1 aliphatic rings. The molecule has 0 spiro atoms. The Balaban J connectivity index is 1.69. The molecule has 3 rings (SSSR count). The monoisotopic (exact) mass is 357 g/mol. The average Bonchev–Trinajstić information content (AvgIpc) is 3.17. The maximum Gasteiger partial charge on any atom is 0.244 e. The molecule has 0 atom stereocenters. The third-order valence-corrected chi connectivity index (χ3v) is 5.06. The highest BCUT2D eigenvalue weighted by molar-refractivity contribution is 6.31. The van der Waals surface area contributed by atoms with Crippen molar-refractivity contribution in [2.45, 2.75) is 52.1 Å². The summed E-state index contributed by atoms with van der Waals surface area (Å²) in [4.78, 5) is 12.1. The van der Waals surface area contributed by atoms with Gasteiger partial charge in [0.2, 0.25) is 5.91 Å². The minimum Gasteiger partial charge on any atom is -0.350 e. The van der Waals surface area contributed by atoms with Crippen LogP contribution in [-0.4, -0.2) is 21.7 Å². The van der Waals surface area contributed by atoms with E-state index >= 15 is 0 Å². The predicted molar refractivity (Wildman–Crippen MR) is 102 cm³/mol. The van der Waals surface area contributed by atoms with E-state index in [9.17, 15) is 4.79 Å². The number of carbonyl (C=O) groups excluding carboxylic acids is 1. The van der Waals surface area contributed by atoms with Crippen molar-refractivity contribution in [2.24, 2.45) is 0 Å². The topological polar surface area (TPSA) is 46.9 Å². The number of carbonyl (C=O) groups is 1. The van der Waals surface area contributed by atoms with Crippen molar-refractivity contribution in [1.29, 1.82) is 0 Å². The summed E-state index contributed by atoms with van der Waals surface area (Å²) >= 11 is 6.48. The van der Waals surface area contributed by atoms with Crippen molar-refractivity contribution in [3.05, 3.63) is 57.9 Å². The fraction of sp³-hybridized carbons (Fsp3) is 0.400. The molecule has 1 fully saturated rings. The molecule has 4 nitrogen and oxygen atoms in total. The third-order valence-electron chi connectivity index (χ3n) is 4.67. The van der Waals surface area contributed by atoms with Crippen molar-refractivity contribution in [3.63, 3.8) is 0 Å². The van der Waals surface area contributed by atoms with Gasteiger partial charge in [0.1, 0.15) is 5.15 Å². The molecule has 1 aromatic heterocycles. The van der Waals surface area contributed by atoms with E-state index in [1.54, 1.807) is 16.8 Å². The number of rotatable bonds is 5. The van der Waals surface area contributed by atoms with Crippen molar-refractivity contribution < 1.29 is 4.79 Å². The molecule has 1 heterocycles. The fourth-order valence-electron chi connectivity index (χ4n) is 3.21. The highest BCUT2D eigenvalue weighted by atomic mass is 35.5. The van der Waals surface area contributed by atoms with Gasteiger partial charge in [-0.05, 0) is 38.3 Å². The summed E-state index contributed by atoms with van der Waals surface area (Å²) in [6.07, 6.45) is 7.88. The standard InChI is InChI=1S/C20H24ClN3O/c1-14-7-9-16(10-8-14)13-24-20(21)18(15(2)23-24)11-12-19(25)22-17-5-3-4-6-17/h7-12,17H,3-6,13H2,1-2H3,(H,22,25)/b12-11+. The number of hydrogen-bond donors (Lipinski definition) is 1. The first-order chi connectivity index (χ1) is 12.0. The van der Waals surface area contributed by atoms with E-state index in [0.29, 0.717) is 17.7 Å². The smallest absolute Gasteiger partial charge is 0.244 e. The zero-order valence-corrected chi connectivity index (χ0v) is 15.5. The summed E-state index contributed by atoms with van der Waals surface area (Å²) in [5.41, 5.74) is 3.99. The van der Waals surface area contributed by atoms with Crippen molar-refractivity contribution in [1.82, 2.24) is 15.1 Å². The largest absolute Gasteiger partial charge is 0.350 e. The van der Waals surface area contributed by atoms with Gasteiger partial charge in [0.15, 0.2) is 0 Å². The Bertz CT molecular complexity index is 771. The second-order valence-electron chi connectivity index (χ2n) is 6.76. The van der Waals surface area contributed by atoms with Gasteiger partial charge in [-0.15, -0.1) is 0 Å². The number of nitrogens with one attached hydrogen (secondary N) is 1. The van der Waals surface area contributed by atoms with Gasteiger partial charge < -0.3 is 5.32 Å². The summed E-state index contributed by atoms with van der Waals surface area (Å²) in [7, 11) is 0. The molecule has 0 bridgehead atoms. The van der Waals surface area contributed by atoms with Crippen molar-refractivity contribution >= 4 is 23.6 Å². The highest BCUT2D eigenvalue weighted by Gasteiger charge is 2.16. The molecule has 1 aromatic carbocycles. The summed E-state index contributed by atoms with van der Waals surface area (Å²) in [5.74, 6) is -0.0614. The number of hydrogen-bond acceptors (Lipinski definition) is 2. The molecule has 0 unspecified atom stereocenters. The minimum atomic E-state index is -0.0614. The maximum atomic E-state index is 12.1. The van der Waals surface area contributed by atoms with E-state index in [4.69, 9.17) is 11.6 Å². The third kappa shape index (κ3) is 4.51. The molecule has 25 heavy (non-hydrogen) atoms. The van der Waals surface area contributed by atoms with Crippen LogP contribution in [0.15, 0.2) is 30.3 Å². The van der Waals surface area contributed by atoms with Gasteiger partial charge in [-0.2, -0.15) is 5.10 Å². The molecular formula is C20H24ClN3O. The molecule has 2 aromatic rings. The first kappa shape index (κ1) is 17.7. The average molecular weight is 358 g/mol. The van der Waals surface area contributed by atoms with Gasteiger partial charge in [-0.25, -0.2) is 4.68 Å². The maximum absolute atomic E-state index is 12.1. The molecule has 0 aliphatic heterocycles. The van der Waals surface area contributed by atoms with Crippen LogP contribution in [0.5, 0.6) is 0 Å². The molecule has 1 saturated carbocycles. The number of aryl methyl sites for hydroxylation is 2. The second-order valence-corrected chi connectivity index (χ2v) is 7.11. The highest BCUT2D eigenvalue weighted by Crippen LogP contribution is 2.23. The Kier molecular flexibility index (Phi) is 5.59. The molecule has 1 N–H and O–H groups in total. The number of amides is 1. The molecule has 0 radical (unpaired) electrons. The molecule has 132 valence electrons. The molecule has 0 saturated heterocycles. The predicted octanol–water partition coefficient (Wildman–Crippen LogP) is 4.27. The van der Waals surface area contributed by atoms with Gasteiger partial charge in [0, 0.05) is 17.7 Å². The minimum absolute atomic E-state index is 0.0614. The van der Waals surface area contributed by atoms with E-state index < -0.39 is 0 Å². The van der Waals surface area contributed by atoms with Crippen LogP contribution >= 0.6 is 11.6 Å². The summed E-state index contributed by atoms with van der Waals surface area (Å²) in [6, 6.07) is 8.63. The summed E-state index contributed by atoms with van der Waals surface area (Å²) in [6.45, 7) is 4.59. The second kappa shape index (κ2) is 7.87. The van der Waals surface area contributed by atoms with Gasteiger partial charge >= 0.3 is 0 Å². The molecular weight excluding hydrogens is 334 g/mol. The van der Waals surface area contributed by atoms with Gasteiger partial charge in [0.25, 0.3) is 0 Å². The Hall–Kier alpha value is -2.07. The lowest BCUT2D eigenvalue weighted by Crippen LogP contribution is -2.30. The van der Waals surface area contributed by atoms with Crippen LogP contribution in [0.1, 0.15) is 48.1 Å². The van der Waals surface area contributed by atoms with E-state index in [0.717, 1.165) is 29.7 Å². The number of nitrogens with zero attached hydrogens (tertiary/aromatic N) is 2. The first-order valence-corrected chi connectivity index (χ1v) is 9.18. The first-order valence-electron chi connectivity index (χ1n) is 8.80. The van der Waals surface area contributed by atoms with Crippen LogP contribution in [0.2, 0.25) is 5.15 Å². The quantitative estimate of drug-likeness (QED) is 0.812. The van der Waals surface area contributed by atoms with Gasteiger partial charge in [-0.1, -0.05) is 54.3 Å². The number of benzene rings is 1. The van der Waals surface area contributed by atoms with Crippen LogP contribution in [0.25, 0.3) is 6.08 Å². The van der Waals surface area contributed by atoms with E-state index in [-0.39, 0.29) is 5.91 Å². The van der Waals surface area contributed by atoms with E-state index in [1.807, 2.05) is 6.92 Å². The lowest BCUT2D eigenvalue weighted by molar-refractivity contribution is -0.117. The van der Waals surface area contributed by atoms with Crippen LogP contribution in [0.3, 0.4) is 0 Å². The lowest BCUT2D eigenvalue weighted by atomic mass is 10.1. The van der Waals surface area contributed by atoms with Crippen LogP contribution in [0.4, 0.5) is 0 Å². The van der Waals surface area contributed by atoms with E-state index in [2.05, 4.69) is 41.6 Å².